The highest BCUT2D eigenvalue weighted by Gasteiger charge is 2.16. The first kappa shape index (κ1) is 21.7. The molecule has 0 aromatic heterocycles. The molecule has 8 nitrogen and oxygen atoms in total. The van der Waals surface area contributed by atoms with Gasteiger partial charge < -0.3 is 24.8 Å². The number of nitrogens with one attached hydrogen (secondary N) is 2. The molecule has 0 radical (unpaired) electrons. The van der Waals surface area contributed by atoms with Crippen LogP contribution in [0.1, 0.15) is 30.1 Å². The monoisotopic (exact) mass is 400 g/mol. The van der Waals surface area contributed by atoms with Crippen LogP contribution in [0.15, 0.2) is 42.5 Å². The van der Waals surface area contributed by atoms with E-state index in [0.29, 0.717) is 34.9 Å². The zero-order chi connectivity index (χ0) is 21.2. The zero-order valence-corrected chi connectivity index (χ0v) is 16.6. The highest BCUT2D eigenvalue weighted by atomic mass is 16.5. The molecule has 2 amide bonds. The van der Waals surface area contributed by atoms with Gasteiger partial charge >= 0.3 is 5.97 Å². The van der Waals surface area contributed by atoms with E-state index in [9.17, 15) is 14.4 Å². The highest BCUT2D eigenvalue weighted by molar-refractivity contribution is 6.05. The minimum Gasteiger partial charge on any atom is -0.494 e. The van der Waals surface area contributed by atoms with Crippen LogP contribution in [0.5, 0.6) is 11.5 Å². The van der Waals surface area contributed by atoms with Crippen LogP contribution in [-0.4, -0.2) is 38.6 Å². The maximum atomic E-state index is 12.4. The largest absolute Gasteiger partial charge is 0.494 e. The molecule has 0 atom stereocenters. The van der Waals surface area contributed by atoms with Crippen LogP contribution in [-0.2, 0) is 14.3 Å². The molecule has 0 bridgehead atoms. The summed E-state index contributed by atoms with van der Waals surface area (Å²) in [5.41, 5.74) is 1.18. The summed E-state index contributed by atoms with van der Waals surface area (Å²) in [6, 6.07) is 11.8. The number of carbonyl (C=O) groups is 3. The van der Waals surface area contributed by atoms with Crippen LogP contribution >= 0.6 is 0 Å². The molecule has 8 heteroatoms. The first-order valence-electron chi connectivity index (χ1n) is 9.06. The molecule has 29 heavy (non-hydrogen) atoms. The van der Waals surface area contributed by atoms with Crippen LogP contribution < -0.4 is 20.1 Å². The fourth-order valence-electron chi connectivity index (χ4n) is 2.49. The van der Waals surface area contributed by atoms with Gasteiger partial charge in [-0.25, -0.2) is 0 Å². The van der Waals surface area contributed by atoms with E-state index in [2.05, 4.69) is 10.6 Å². The average molecular weight is 400 g/mol. The topological polar surface area (TPSA) is 103 Å². The molecule has 0 fully saturated rings. The van der Waals surface area contributed by atoms with Gasteiger partial charge in [-0.3, -0.25) is 14.4 Å². The number of rotatable bonds is 9. The molecule has 2 N–H and O–H groups in total. The van der Waals surface area contributed by atoms with Crippen molar-refractivity contribution in [1.29, 1.82) is 0 Å². The van der Waals surface area contributed by atoms with Crippen LogP contribution in [0.25, 0.3) is 0 Å². The van der Waals surface area contributed by atoms with Crippen LogP contribution in [0.4, 0.5) is 11.4 Å². The molecule has 0 heterocycles. The molecule has 2 aromatic rings. The first-order valence-corrected chi connectivity index (χ1v) is 9.06. The molecular weight excluding hydrogens is 376 g/mol. The molecule has 0 aliphatic carbocycles. The van der Waals surface area contributed by atoms with Gasteiger partial charge in [0.15, 0.2) is 6.61 Å². The van der Waals surface area contributed by atoms with Gasteiger partial charge in [0.05, 0.1) is 25.6 Å². The van der Waals surface area contributed by atoms with Gasteiger partial charge in [-0.2, -0.15) is 0 Å². The van der Waals surface area contributed by atoms with Crippen LogP contribution in [0.2, 0.25) is 0 Å². The summed E-state index contributed by atoms with van der Waals surface area (Å²) < 4.78 is 15.5. The number of benzene rings is 2. The molecular formula is C21H24N2O6. The summed E-state index contributed by atoms with van der Waals surface area (Å²) in [4.78, 5) is 35.9. The molecule has 0 aliphatic heterocycles. The molecule has 0 saturated carbocycles. The van der Waals surface area contributed by atoms with E-state index in [0.717, 1.165) is 0 Å². The molecule has 154 valence electrons. The van der Waals surface area contributed by atoms with Crippen molar-refractivity contribution in [2.24, 2.45) is 0 Å². The van der Waals surface area contributed by atoms with E-state index in [1.807, 2.05) is 13.0 Å². The quantitative estimate of drug-likeness (QED) is 0.627. The zero-order valence-electron chi connectivity index (χ0n) is 16.6. The van der Waals surface area contributed by atoms with Gasteiger partial charge in [0.25, 0.3) is 11.8 Å². The Balaban J connectivity index is 2.15. The predicted molar refractivity (Wildman–Crippen MR) is 108 cm³/mol. The maximum absolute atomic E-state index is 12.4. The lowest BCUT2D eigenvalue weighted by Crippen LogP contribution is -2.21. The lowest BCUT2D eigenvalue weighted by Gasteiger charge is -2.16. The van der Waals surface area contributed by atoms with Crippen molar-refractivity contribution in [3.8, 4) is 11.5 Å². The Bertz CT molecular complexity index is 867. The Morgan fingerprint density at radius 3 is 2.03 bits per heavy atom. The summed E-state index contributed by atoms with van der Waals surface area (Å²) in [7, 11) is 2.87. The summed E-state index contributed by atoms with van der Waals surface area (Å²) in [6.45, 7) is 1.44. The second-order valence-electron chi connectivity index (χ2n) is 6.03. The molecule has 0 unspecified atom stereocenters. The molecule has 0 saturated heterocycles. The standard InChI is InChI=1S/C21H24N2O6/c1-4-8-20(25)29-13-19(24)22-15-11-18(28-3)16(12-17(15)27-2)23-21(26)14-9-6-5-7-10-14/h5-7,9-12H,4,8,13H2,1-3H3,(H,22,24)(H,23,26). The van der Waals surface area contributed by atoms with E-state index >= 15 is 0 Å². The molecule has 0 spiro atoms. The normalized spacial score (nSPS) is 10.0. The fraction of sp³-hybridized carbons (Fsp3) is 0.286. The molecule has 2 aromatic carbocycles. The average Bonchev–Trinajstić information content (AvgIpc) is 2.73. The predicted octanol–water partition coefficient (Wildman–Crippen LogP) is 3.24. The number of hydrogen-bond acceptors (Lipinski definition) is 6. The van der Waals surface area contributed by atoms with Crippen LogP contribution in [0, 0.1) is 0 Å². The summed E-state index contributed by atoms with van der Waals surface area (Å²) in [5.74, 6) is -0.636. The van der Waals surface area contributed by atoms with E-state index in [-0.39, 0.29) is 12.3 Å². The number of ether oxygens (including phenoxy) is 3. The Hall–Kier alpha value is -3.55. The second-order valence-corrected chi connectivity index (χ2v) is 6.03. The van der Waals surface area contributed by atoms with E-state index < -0.39 is 18.5 Å². The van der Waals surface area contributed by atoms with Crippen molar-refractivity contribution in [3.05, 3.63) is 48.0 Å². The second kappa shape index (κ2) is 10.7. The first-order chi connectivity index (χ1) is 14.0. The number of hydrogen-bond donors (Lipinski definition) is 2. The Labute approximate surface area is 169 Å². The number of amides is 2. The Morgan fingerprint density at radius 2 is 1.48 bits per heavy atom. The van der Waals surface area contributed by atoms with Gasteiger partial charge in [0.1, 0.15) is 11.5 Å². The summed E-state index contributed by atoms with van der Waals surface area (Å²) in [6.07, 6.45) is 0.891. The fourth-order valence-corrected chi connectivity index (χ4v) is 2.49. The van der Waals surface area contributed by atoms with Crippen molar-refractivity contribution < 1.29 is 28.6 Å². The lowest BCUT2D eigenvalue weighted by molar-refractivity contribution is -0.147. The number of anilines is 2. The van der Waals surface area contributed by atoms with Crippen molar-refractivity contribution in [2.45, 2.75) is 19.8 Å². The van der Waals surface area contributed by atoms with Gasteiger partial charge in [-0.15, -0.1) is 0 Å². The van der Waals surface area contributed by atoms with Crippen LogP contribution in [0.3, 0.4) is 0 Å². The van der Waals surface area contributed by atoms with Gasteiger partial charge in [0.2, 0.25) is 0 Å². The van der Waals surface area contributed by atoms with E-state index in [1.54, 1.807) is 30.3 Å². The Morgan fingerprint density at radius 1 is 0.897 bits per heavy atom. The Kier molecular flexibility index (Phi) is 8.02. The summed E-state index contributed by atoms with van der Waals surface area (Å²) in [5, 5.41) is 5.37. The highest BCUT2D eigenvalue weighted by Crippen LogP contribution is 2.36. The van der Waals surface area contributed by atoms with Crippen molar-refractivity contribution in [3.63, 3.8) is 0 Å². The van der Waals surface area contributed by atoms with Crippen molar-refractivity contribution in [2.75, 3.05) is 31.5 Å². The van der Waals surface area contributed by atoms with Gasteiger partial charge in [-0.05, 0) is 18.6 Å². The van der Waals surface area contributed by atoms with E-state index in [1.165, 1.54) is 20.3 Å². The van der Waals surface area contributed by atoms with Gasteiger partial charge in [0, 0.05) is 24.1 Å². The number of carbonyl (C=O) groups excluding carboxylic acids is 3. The number of methoxy groups -OCH3 is 2. The smallest absolute Gasteiger partial charge is 0.306 e. The molecule has 0 aliphatic rings. The van der Waals surface area contributed by atoms with Gasteiger partial charge in [-0.1, -0.05) is 25.1 Å². The lowest BCUT2D eigenvalue weighted by atomic mass is 10.2. The van der Waals surface area contributed by atoms with Crippen molar-refractivity contribution in [1.82, 2.24) is 0 Å². The minimum atomic E-state index is -0.518. The van der Waals surface area contributed by atoms with Crippen molar-refractivity contribution >= 4 is 29.2 Å². The maximum Gasteiger partial charge on any atom is 0.306 e. The SMILES string of the molecule is CCCC(=O)OCC(=O)Nc1cc(OC)c(NC(=O)c2ccccc2)cc1OC. The number of esters is 1. The summed E-state index contributed by atoms with van der Waals surface area (Å²) >= 11 is 0. The molecule has 2 rings (SSSR count). The minimum absolute atomic E-state index is 0.250. The third-order valence-corrected chi connectivity index (χ3v) is 3.90. The third-order valence-electron chi connectivity index (χ3n) is 3.90. The third kappa shape index (κ3) is 6.24. The van der Waals surface area contributed by atoms with E-state index in [4.69, 9.17) is 14.2 Å².